The zero-order valence-electron chi connectivity index (χ0n) is 15.0. The number of hydrogen-bond acceptors (Lipinski definition) is 5. The predicted molar refractivity (Wildman–Crippen MR) is 113 cm³/mol. The molecule has 2 rings (SSSR count). The first-order chi connectivity index (χ1) is 11.3. The highest BCUT2D eigenvalue weighted by molar-refractivity contribution is 14.0. The van der Waals surface area contributed by atoms with Crippen LogP contribution in [-0.4, -0.2) is 87.6 Å². The van der Waals surface area contributed by atoms with Gasteiger partial charge in [-0.3, -0.25) is 9.89 Å². The number of nitrogens with one attached hydrogen (secondary N) is 2. The highest BCUT2D eigenvalue weighted by Gasteiger charge is 2.31. The quantitative estimate of drug-likeness (QED) is 0.332. The molecule has 6 nitrogen and oxygen atoms in total. The molecule has 0 radical (unpaired) electrons. The summed E-state index contributed by atoms with van der Waals surface area (Å²) in [5, 5.41) is 6.82. The first kappa shape index (κ1) is 22.3. The normalized spacial score (nSPS) is 21.8. The SMILES string of the molecule is CCNC(=NCC1(SC)CCOCC1)NCCN1CCOCC1.I. The molecule has 0 atom stereocenters. The van der Waals surface area contributed by atoms with E-state index in [1.54, 1.807) is 0 Å². The Kier molecular flexibility index (Phi) is 11.7. The minimum absolute atomic E-state index is 0. The summed E-state index contributed by atoms with van der Waals surface area (Å²) in [7, 11) is 0. The van der Waals surface area contributed by atoms with E-state index >= 15 is 0 Å². The molecule has 2 N–H and O–H groups in total. The van der Waals surface area contributed by atoms with Gasteiger partial charge < -0.3 is 20.1 Å². The van der Waals surface area contributed by atoms with Crippen molar-refractivity contribution in [3.8, 4) is 0 Å². The van der Waals surface area contributed by atoms with Crippen molar-refractivity contribution >= 4 is 41.7 Å². The summed E-state index contributed by atoms with van der Waals surface area (Å²) in [6.07, 6.45) is 4.37. The predicted octanol–water partition coefficient (Wildman–Crippen LogP) is 1.40. The zero-order valence-corrected chi connectivity index (χ0v) is 18.2. The molecule has 8 heteroatoms. The van der Waals surface area contributed by atoms with Crippen molar-refractivity contribution in [3.05, 3.63) is 0 Å². The van der Waals surface area contributed by atoms with E-state index in [-0.39, 0.29) is 28.7 Å². The molecular weight excluding hydrogens is 439 g/mol. The molecule has 0 aliphatic carbocycles. The Balaban J connectivity index is 0.00000288. The summed E-state index contributed by atoms with van der Waals surface area (Å²) < 4.78 is 11.1. The van der Waals surface area contributed by atoms with E-state index in [0.29, 0.717) is 0 Å². The number of halogens is 1. The number of thioether (sulfide) groups is 1. The minimum Gasteiger partial charge on any atom is -0.381 e. The molecule has 0 amide bonds. The maximum atomic E-state index is 5.50. The van der Waals surface area contributed by atoms with Crippen LogP contribution in [0, 0.1) is 0 Å². The van der Waals surface area contributed by atoms with E-state index in [1.165, 1.54) is 0 Å². The summed E-state index contributed by atoms with van der Waals surface area (Å²) in [5.41, 5.74) is 0. The van der Waals surface area contributed by atoms with Crippen molar-refractivity contribution in [1.29, 1.82) is 0 Å². The second kappa shape index (κ2) is 12.6. The molecule has 24 heavy (non-hydrogen) atoms. The van der Waals surface area contributed by atoms with Crippen LogP contribution >= 0.6 is 35.7 Å². The lowest BCUT2D eigenvalue weighted by molar-refractivity contribution is 0.0389. The van der Waals surface area contributed by atoms with Crippen LogP contribution in [0.15, 0.2) is 4.99 Å². The summed E-state index contributed by atoms with van der Waals surface area (Å²) in [5.74, 6) is 0.931. The number of hydrogen-bond donors (Lipinski definition) is 2. The standard InChI is InChI=1S/C16H32N4O2S.HI/c1-3-17-15(18-6-7-20-8-12-22-13-9-20)19-14-16(23-2)4-10-21-11-5-16;/h3-14H2,1-2H3,(H2,17,18,19);1H. The van der Waals surface area contributed by atoms with Gasteiger partial charge in [-0.05, 0) is 26.0 Å². The van der Waals surface area contributed by atoms with Gasteiger partial charge in [-0.15, -0.1) is 24.0 Å². The summed E-state index contributed by atoms with van der Waals surface area (Å²) in [6, 6.07) is 0. The third-order valence-electron chi connectivity index (χ3n) is 4.53. The second-order valence-corrected chi connectivity index (χ2v) is 7.35. The van der Waals surface area contributed by atoms with E-state index in [1.807, 2.05) is 11.8 Å². The lowest BCUT2D eigenvalue weighted by Crippen LogP contribution is -2.45. The molecular formula is C16H33IN4O2S. The molecule has 142 valence electrons. The van der Waals surface area contributed by atoms with Gasteiger partial charge in [0.2, 0.25) is 0 Å². The number of nitrogens with zero attached hydrogens (tertiary/aromatic N) is 2. The smallest absolute Gasteiger partial charge is 0.191 e. The average Bonchev–Trinajstić information content (AvgIpc) is 2.61. The molecule has 2 aliphatic rings. The first-order valence-corrected chi connectivity index (χ1v) is 9.96. The molecule has 0 spiro atoms. The second-order valence-electron chi connectivity index (χ2n) is 6.08. The van der Waals surface area contributed by atoms with Crippen molar-refractivity contribution in [2.45, 2.75) is 24.5 Å². The van der Waals surface area contributed by atoms with E-state index in [9.17, 15) is 0 Å². The number of ether oxygens (including phenoxy) is 2. The van der Waals surface area contributed by atoms with E-state index in [4.69, 9.17) is 14.5 Å². The maximum absolute atomic E-state index is 5.50. The van der Waals surface area contributed by atoms with Gasteiger partial charge in [0.25, 0.3) is 0 Å². The molecule has 2 aliphatic heterocycles. The van der Waals surface area contributed by atoms with Gasteiger partial charge in [-0.1, -0.05) is 0 Å². The van der Waals surface area contributed by atoms with Crippen LogP contribution in [0.1, 0.15) is 19.8 Å². The fourth-order valence-electron chi connectivity index (χ4n) is 2.89. The lowest BCUT2D eigenvalue weighted by atomic mass is 9.99. The molecule has 2 heterocycles. The highest BCUT2D eigenvalue weighted by Crippen LogP contribution is 2.33. The van der Waals surface area contributed by atoms with Crippen molar-refractivity contribution in [3.63, 3.8) is 0 Å². The van der Waals surface area contributed by atoms with Crippen LogP contribution in [0.3, 0.4) is 0 Å². The third kappa shape index (κ3) is 7.63. The molecule has 2 fully saturated rings. The van der Waals surface area contributed by atoms with Crippen LogP contribution < -0.4 is 10.6 Å². The van der Waals surface area contributed by atoms with E-state index < -0.39 is 0 Å². The van der Waals surface area contributed by atoms with E-state index in [0.717, 1.165) is 84.5 Å². The Labute approximate surface area is 167 Å². The van der Waals surface area contributed by atoms with Gasteiger partial charge in [0, 0.05) is 50.7 Å². The lowest BCUT2D eigenvalue weighted by Gasteiger charge is -2.34. The summed E-state index contributed by atoms with van der Waals surface area (Å²) in [4.78, 5) is 7.27. The number of rotatable bonds is 7. The first-order valence-electron chi connectivity index (χ1n) is 8.73. The molecule has 0 aromatic rings. The van der Waals surface area contributed by atoms with Gasteiger partial charge in [0.15, 0.2) is 5.96 Å². The van der Waals surface area contributed by atoms with Gasteiger partial charge in [0.1, 0.15) is 0 Å². The number of morpholine rings is 1. The monoisotopic (exact) mass is 472 g/mol. The molecule has 0 aromatic heterocycles. The maximum Gasteiger partial charge on any atom is 0.191 e. The van der Waals surface area contributed by atoms with Crippen LogP contribution in [0.4, 0.5) is 0 Å². The van der Waals surface area contributed by atoms with Crippen molar-refractivity contribution < 1.29 is 9.47 Å². The zero-order chi connectivity index (χ0) is 16.4. The van der Waals surface area contributed by atoms with Crippen molar-refractivity contribution in [1.82, 2.24) is 15.5 Å². The summed E-state index contributed by atoms with van der Waals surface area (Å²) in [6.45, 7) is 11.3. The Hall–Kier alpha value is 0.230. The Morgan fingerprint density at radius 2 is 1.79 bits per heavy atom. The highest BCUT2D eigenvalue weighted by atomic mass is 127. The van der Waals surface area contributed by atoms with Crippen molar-refractivity contribution in [2.75, 3.05) is 72.0 Å². The summed E-state index contributed by atoms with van der Waals surface area (Å²) >= 11 is 1.94. The van der Waals surface area contributed by atoms with Gasteiger partial charge in [-0.25, -0.2) is 0 Å². The van der Waals surface area contributed by atoms with E-state index in [2.05, 4.69) is 28.7 Å². The van der Waals surface area contributed by atoms with Crippen LogP contribution in [-0.2, 0) is 9.47 Å². The van der Waals surface area contributed by atoms with Crippen LogP contribution in [0.2, 0.25) is 0 Å². The molecule has 2 saturated heterocycles. The van der Waals surface area contributed by atoms with Crippen LogP contribution in [0.25, 0.3) is 0 Å². The third-order valence-corrected chi connectivity index (χ3v) is 5.93. The van der Waals surface area contributed by atoms with Crippen LogP contribution in [0.5, 0.6) is 0 Å². The molecule has 0 unspecified atom stereocenters. The van der Waals surface area contributed by atoms with Gasteiger partial charge in [0.05, 0.1) is 19.8 Å². The fourth-order valence-corrected chi connectivity index (χ4v) is 3.66. The Morgan fingerprint density at radius 3 is 2.42 bits per heavy atom. The average molecular weight is 472 g/mol. The number of aliphatic imine (C=N–C) groups is 1. The Bertz CT molecular complexity index is 362. The minimum atomic E-state index is 0. The Morgan fingerprint density at radius 1 is 1.12 bits per heavy atom. The van der Waals surface area contributed by atoms with Gasteiger partial charge in [-0.2, -0.15) is 11.8 Å². The van der Waals surface area contributed by atoms with Gasteiger partial charge >= 0.3 is 0 Å². The molecule has 0 saturated carbocycles. The van der Waals surface area contributed by atoms with Crippen molar-refractivity contribution in [2.24, 2.45) is 4.99 Å². The number of guanidine groups is 1. The molecule has 0 aromatic carbocycles. The molecule has 0 bridgehead atoms. The fraction of sp³-hybridized carbons (Fsp3) is 0.938. The largest absolute Gasteiger partial charge is 0.381 e. The topological polar surface area (TPSA) is 58.1 Å².